The van der Waals surface area contributed by atoms with Crippen molar-refractivity contribution in [2.45, 2.75) is 46.6 Å². The molecule has 0 radical (unpaired) electrons. The fraction of sp³-hybridized carbons (Fsp3) is 0.333. The predicted molar refractivity (Wildman–Crippen MR) is 120 cm³/mol. The molecule has 4 aromatic rings. The molecule has 7 heteroatoms. The molecule has 0 spiro atoms. The second-order valence-corrected chi connectivity index (χ2v) is 7.79. The van der Waals surface area contributed by atoms with Crippen LogP contribution in [0.4, 0.5) is 0 Å². The normalized spacial score (nSPS) is 11.5. The maximum atomic E-state index is 6.50. The molecule has 0 amide bonds. The van der Waals surface area contributed by atoms with Gasteiger partial charge in [0.15, 0.2) is 5.65 Å². The van der Waals surface area contributed by atoms with E-state index >= 15 is 0 Å². The van der Waals surface area contributed by atoms with Crippen LogP contribution in [0.1, 0.15) is 44.1 Å². The molecule has 0 saturated heterocycles. The van der Waals surface area contributed by atoms with Gasteiger partial charge < -0.3 is 4.57 Å². The summed E-state index contributed by atoms with van der Waals surface area (Å²) in [6, 6.07) is 8.13. The quantitative estimate of drug-likeness (QED) is 0.342. The summed E-state index contributed by atoms with van der Waals surface area (Å²) in [5.74, 6) is 0. The number of nitrogens with zero attached hydrogens (tertiary/aromatic N) is 4. The highest BCUT2D eigenvalue weighted by molar-refractivity contribution is 6.36. The van der Waals surface area contributed by atoms with E-state index < -0.39 is 0 Å². The Morgan fingerprint density at radius 2 is 1.75 bits per heavy atom. The van der Waals surface area contributed by atoms with Crippen LogP contribution < -0.4 is 0 Å². The molecule has 3 heterocycles. The lowest BCUT2D eigenvalue weighted by Crippen LogP contribution is -2.09. The Morgan fingerprint density at radius 3 is 2.39 bits per heavy atom. The van der Waals surface area contributed by atoms with E-state index in [-0.39, 0.29) is 12.4 Å². The Labute approximate surface area is 180 Å². The first-order valence-electron chi connectivity index (χ1n) is 9.28. The topological polar surface area (TPSA) is 35.1 Å². The number of halogens is 3. The third kappa shape index (κ3) is 3.18. The molecule has 0 atom stereocenters. The first-order chi connectivity index (χ1) is 13.0. The fourth-order valence-corrected chi connectivity index (χ4v) is 4.42. The third-order valence-corrected chi connectivity index (χ3v) is 5.87. The maximum Gasteiger partial charge on any atom is 0.165 e. The van der Waals surface area contributed by atoms with Gasteiger partial charge in [0, 0.05) is 28.2 Å². The van der Waals surface area contributed by atoms with Crippen molar-refractivity contribution in [2.75, 3.05) is 0 Å². The van der Waals surface area contributed by atoms with Crippen molar-refractivity contribution in [2.24, 2.45) is 0 Å². The lowest BCUT2D eigenvalue weighted by Gasteiger charge is -2.17. The van der Waals surface area contributed by atoms with Crippen LogP contribution >= 0.6 is 35.6 Å². The lowest BCUT2D eigenvalue weighted by atomic mass is 10.1. The summed E-state index contributed by atoms with van der Waals surface area (Å²) in [7, 11) is 0. The van der Waals surface area contributed by atoms with Gasteiger partial charge in [-0.3, -0.25) is 0 Å². The molecule has 0 saturated carbocycles. The average Bonchev–Trinajstić information content (AvgIpc) is 3.19. The number of hydrogen-bond acceptors (Lipinski definition) is 2. The van der Waals surface area contributed by atoms with Crippen LogP contribution in [0.2, 0.25) is 10.0 Å². The second-order valence-electron chi connectivity index (χ2n) is 6.95. The SMILES string of the molecule is CCC(CC)n1ccc2c(C)nc3c(-c4ccc(Cl)cc4Cl)c(C)nn3c21.Cl. The molecule has 0 N–H and O–H groups in total. The largest absolute Gasteiger partial charge is 0.329 e. The van der Waals surface area contributed by atoms with E-state index in [1.54, 1.807) is 6.07 Å². The van der Waals surface area contributed by atoms with Crippen molar-refractivity contribution in [1.82, 2.24) is 19.2 Å². The Kier molecular flexibility index (Phi) is 5.95. The zero-order valence-corrected chi connectivity index (χ0v) is 18.7. The van der Waals surface area contributed by atoms with Gasteiger partial charge in [-0.2, -0.15) is 9.61 Å². The summed E-state index contributed by atoms with van der Waals surface area (Å²) >= 11 is 12.6. The van der Waals surface area contributed by atoms with E-state index in [1.165, 1.54) is 0 Å². The van der Waals surface area contributed by atoms with E-state index in [9.17, 15) is 0 Å². The van der Waals surface area contributed by atoms with Gasteiger partial charge in [0.25, 0.3) is 0 Å². The van der Waals surface area contributed by atoms with Crippen LogP contribution in [-0.2, 0) is 0 Å². The standard InChI is InChI=1S/C21H22Cl2N4.ClH/c1-5-15(6-2)26-10-9-16-12(3)24-20-19(13(4)25-27(20)21(16)26)17-8-7-14(22)11-18(17)23;/h7-11,15H,5-6H2,1-4H3;1H. The molecular formula is C21H23Cl3N4. The highest BCUT2D eigenvalue weighted by Crippen LogP contribution is 2.36. The molecule has 1 aromatic carbocycles. The van der Waals surface area contributed by atoms with E-state index in [4.69, 9.17) is 33.3 Å². The van der Waals surface area contributed by atoms with Crippen LogP contribution in [0.5, 0.6) is 0 Å². The van der Waals surface area contributed by atoms with Gasteiger partial charge in [0.2, 0.25) is 0 Å². The Balaban J connectivity index is 0.00000225. The summed E-state index contributed by atoms with van der Waals surface area (Å²) in [5, 5.41) is 7.20. The van der Waals surface area contributed by atoms with Gasteiger partial charge in [-0.15, -0.1) is 12.4 Å². The Bertz CT molecular complexity index is 1160. The Morgan fingerprint density at radius 1 is 1.04 bits per heavy atom. The molecule has 4 nitrogen and oxygen atoms in total. The molecule has 148 valence electrons. The minimum atomic E-state index is 0. The molecule has 0 aliphatic heterocycles. The van der Waals surface area contributed by atoms with E-state index in [1.807, 2.05) is 23.6 Å². The fourth-order valence-electron chi connectivity index (χ4n) is 3.91. The van der Waals surface area contributed by atoms with E-state index in [0.717, 1.165) is 52.0 Å². The van der Waals surface area contributed by atoms with Gasteiger partial charge in [0.1, 0.15) is 5.65 Å². The first kappa shape index (κ1) is 21.0. The predicted octanol–water partition coefficient (Wildman–Crippen LogP) is 7.06. The summed E-state index contributed by atoms with van der Waals surface area (Å²) in [6.45, 7) is 8.49. The van der Waals surface area contributed by atoms with Crippen molar-refractivity contribution in [1.29, 1.82) is 0 Å². The molecule has 0 fully saturated rings. The van der Waals surface area contributed by atoms with Crippen LogP contribution in [0, 0.1) is 13.8 Å². The Hall–Kier alpha value is -1.75. The van der Waals surface area contributed by atoms with Gasteiger partial charge in [0.05, 0.1) is 22.0 Å². The van der Waals surface area contributed by atoms with Crippen molar-refractivity contribution in [3.8, 4) is 11.1 Å². The monoisotopic (exact) mass is 436 g/mol. The number of fused-ring (bicyclic) bond motifs is 3. The number of rotatable bonds is 4. The van der Waals surface area contributed by atoms with Gasteiger partial charge in [-0.25, -0.2) is 4.98 Å². The van der Waals surface area contributed by atoms with Crippen molar-refractivity contribution in [3.63, 3.8) is 0 Å². The van der Waals surface area contributed by atoms with Crippen LogP contribution in [0.15, 0.2) is 30.5 Å². The molecular weight excluding hydrogens is 415 g/mol. The summed E-state index contributed by atoms with van der Waals surface area (Å²) in [4.78, 5) is 4.88. The molecule has 0 bridgehead atoms. The van der Waals surface area contributed by atoms with E-state index in [0.29, 0.717) is 16.1 Å². The zero-order chi connectivity index (χ0) is 19.3. The molecule has 28 heavy (non-hydrogen) atoms. The zero-order valence-electron chi connectivity index (χ0n) is 16.3. The van der Waals surface area contributed by atoms with Crippen molar-refractivity contribution in [3.05, 3.63) is 51.9 Å². The smallest absolute Gasteiger partial charge is 0.165 e. The molecule has 0 aliphatic rings. The highest BCUT2D eigenvalue weighted by Gasteiger charge is 2.21. The van der Waals surface area contributed by atoms with Crippen LogP contribution in [0.3, 0.4) is 0 Å². The minimum absolute atomic E-state index is 0. The van der Waals surface area contributed by atoms with Gasteiger partial charge in [-0.1, -0.05) is 43.1 Å². The number of hydrogen-bond donors (Lipinski definition) is 0. The molecule has 0 aliphatic carbocycles. The van der Waals surface area contributed by atoms with Crippen molar-refractivity contribution >= 4 is 52.3 Å². The van der Waals surface area contributed by atoms with Crippen LogP contribution in [-0.4, -0.2) is 19.2 Å². The first-order valence-corrected chi connectivity index (χ1v) is 10.0. The van der Waals surface area contributed by atoms with Gasteiger partial charge >= 0.3 is 0 Å². The number of aromatic nitrogens is 4. The summed E-state index contributed by atoms with van der Waals surface area (Å²) < 4.78 is 4.30. The highest BCUT2D eigenvalue weighted by atomic mass is 35.5. The van der Waals surface area contributed by atoms with Crippen LogP contribution in [0.25, 0.3) is 27.8 Å². The second kappa shape index (κ2) is 7.94. The molecule has 4 rings (SSSR count). The summed E-state index contributed by atoms with van der Waals surface area (Å²) in [5.41, 5.74) is 5.67. The third-order valence-electron chi connectivity index (χ3n) is 5.32. The minimum Gasteiger partial charge on any atom is -0.329 e. The van der Waals surface area contributed by atoms with Gasteiger partial charge in [-0.05, 0) is 44.9 Å². The lowest BCUT2D eigenvalue weighted by molar-refractivity contribution is 0.480. The molecule has 3 aromatic heterocycles. The van der Waals surface area contributed by atoms with E-state index in [2.05, 4.69) is 37.6 Å². The number of aryl methyl sites for hydroxylation is 2. The molecule has 0 unspecified atom stereocenters. The maximum absolute atomic E-state index is 6.50. The number of benzene rings is 1. The summed E-state index contributed by atoms with van der Waals surface area (Å²) in [6.07, 6.45) is 4.29. The van der Waals surface area contributed by atoms with Crippen molar-refractivity contribution < 1.29 is 0 Å². The average molecular weight is 438 g/mol.